The number of hydrogen-bond acceptors (Lipinski definition) is 4. The predicted octanol–water partition coefficient (Wildman–Crippen LogP) is 2.31. The number of likely N-dealkylation sites (tertiary alicyclic amines) is 1. The number of carbonyl (C=O) groups excluding carboxylic acids is 2. The topological polar surface area (TPSA) is 85.5 Å². The Labute approximate surface area is 135 Å². The molecule has 2 amide bonds. The number of benzene rings is 1. The molecule has 1 aliphatic heterocycles. The van der Waals surface area contributed by atoms with Crippen molar-refractivity contribution in [3.63, 3.8) is 0 Å². The van der Waals surface area contributed by atoms with Crippen LogP contribution < -0.4 is 5.73 Å². The second-order valence-corrected chi connectivity index (χ2v) is 6.03. The highest BCUT2D eigenvalue weighted by Gasteiger charge is 2.29. The van der Waals surface area contributed by atoms with E-state index in [-0.39, 0.29) is 12.0 Å². The van der Waals surface area contributed by atoms with Crippen molar-refractivity contribution >= 4 is 38.8 Å². The molecule has 2 heterocycles. The number of hydrogen-bond donors (Lipinski definition) is 1. The van der Waals surface area contributed by atoms with Crippen LogP contribution in [-0.2, 0) is 4.74 Å². The number of nitrogens with two attached hydrogens (primary N) is 1. The fourth-order valence-electron chi connectivity index (χ4n) is 2.65. The normalized spacial score (nSPS) is 17.7. The molecule has 0 bridgehead atoms. The van der Waals surface area contributed by atoms with Crippen molar-refractivity contribution in [2.24, 2.45) is 5.73 Å². The van der Waals surface area contributed by atoms with Gasteiger partial charge in [-0.05, 0) is 24.3 Å². The molecule has 1 saturated heterocycles. The first-order valence-electron chi connectivity index (χ1n) is 6.84. The molecule has 7 heteroatoms. The zero-order valence-electron chi connectivity index (χ0n) is 11.7. The first-order valence-corrected chi connectivity index (χ1v) is 7.63. The third-order valence-corrected chi connectivity index (χ3v) is 4.14. The Morgan fingerprint density at radius 1 is 1.36 bits per heavy atom. The van der Waals surface area contributed by atoms with Gasteiger partial charge in [0, 0.05) is 29.0 Å². The van der Waals surface area contributed by atoms with Crippen LogP contribution in [0.4, 0.5) is 4.79 Å². The molecule has 1 aromatic heterocycles. The number of primary amides is 1. The lowest BCUT2D eigenvalue weighted by Gasteiger charge is -2.17. The molecule has 0 aliphatic carbocycles. The van der Waals surface area contributed by atoms with Crippen molar-refractivity contribution in [2.45, 2.75) is 12.5 Å². The Morgan fingerprint density at radius 3 is 2.95 bits per heavy atom. The SMILES string of the molecule is NC(=O)OC1CCN(C(=O)c2ccnc3ccc(Br)cc23)C1. The highest BCUT2D eigenvalue weighted by molar-refractivity contribution is 9.10. The van der Waals surface area contributed by atoms with Gasteiger partial charge in [-0.3, -0.25) is 9.78 Å². The zero-order valence-corrected chi connectivity index (χ0v) is 13.2. The lowest BCUT2D eigenvalue weighted by Crippen LogP contribution is -2.31. The Kier molecular flexibility index (Phi) is 3.98. The number of amides is 2. The Bertz CT molecular complexity index is 750. The van der Waals surface area contributed by atoms with E-state index in [1.807, 2.05) is 18.2 Å². The number of pyridine rings is 1. The van der Waals surface area contributed by atoms with E-state index in [4.69, 9.17) is 10.5 Å². The maximum Gasteiger partial charge on any atom is 0.404 e. The summed E-state index contributed by atoms with van der Waals surface area (Å²) >= 11 is 3.41. The summed E-state index contributed by atoms with van der Waals surface area (Å²) in [6.45, 7) is 0.897. The van der Waals surface area contributed by atoms with Gasteiger partial charge in [0.05, 0.1) is 17.6 Å². The van der Waals surface area contributed by atoms with E-state index < -0.39 is 6.09 Å². The van der Waals surface area contributed by atoms with E-state index >= 15 is 0 Å². The number of carbonyl (C=O) groups is 2. The molecule has 3 rings (SSSR count). The van der Waals surface area contributed by atoms with E-state index in [1.54, 1.807) is 17.2 Å². The maximum atomic E-state index is 12.7. The van der Waals surface area contributed by atoms with Crippen molar-refractivity contribution < 1.29 is 14.3 Å². The summed E-state index contributed by atoms with van der Waals surface area (Å²) in [5, 5.41) is 0.793. The average molecular weight is 364 g/mol. The van der Waals surface area contributed by atoms with Crippen LogP contribution in [0.25, 0.3) is 10.9 Å². The number of aromatic nitrogens is 1. The van der Waals surface area contributed by atoms with Gasteiger partial charge in [0.2, 0.25) is 0 Å². The van der Waals surface area contributed by atoms with Gasteiger partial charge in [-0.2, -0.15) is 0 Å². The van der Waals surface area contributed by atoms with Crippen LogP contribution in [0.2, 0.25) is 0 Å². The molecular formula is C15H14BrN3O3. The van der Waals surface area contributed by atoms with E-state index in [0.29, 0.717) is 25.1 Å². The molecule has 22 heavy (non-hydrogen) atoms. The van der Waals surface area contributed by atoms with Gasteiger partial charge in [-0.25, -0.2) is 4.79 Å². The molecule has 1 fully saturated rings. The molecule has 114 valence electrons. The van der Waals surface area contributed by atoms with E-state index in [0.717, 1.165) is 15.4 Å². The second kappa shape index (κ2) is 5.92. The molecule has 2 N–H and O–H groups in total. The van der Waals surface area contributed by atoms with E-state index in [9.17, 15) is 9.59 Å². The molecule has 6 nitrogen and oxygen atoms in total. The fraction of sp³-hybridized carbons (Fsp3) is 0.267. The number of rotatable bonds is 2. The molecule has 1 aromatic carbocycles. The van der Waals surface area contributed by atoms with Crippen LogP contribution in [0, 0.1) is 0 Å². The molecule has 0 spiro atoms. The third kappa shape index (κ3) is 2.89. The first-order chi connectivity index (χ1) is 10.5. The van der Waals surface area contributed by atoms with Crippen LogP contribution in [-0.4, -0.2) is 41.1 Å². The summed E-state index contributed by atoms with van der Waals surface area (Å²) in [5.41, 5.74) is 6.37. The minimum atomic E-state index is -0.808. The highest BCUT2D eigenvalue weighted by atomic mass is 79.9. The third-order valence-electron chi connectivity index (χ3n) is 3.65. The first kappa shape index (κ1) is 14.8. The Morgan fingerprint density at radius 2 is 2.18 bits per heavy atom. The number of halogens is 1. The fourth-order valence-corrected chi connectivity index (χ4v) is 3.01. The molecule has 2 aromatic rings. The lowest BCUT2D eigenvalue weighted by atomic mass is 10.1. The van der Waals surface area contributed by atoms with Gasteiger partial charge in [-0.1, -0.05) is 15.9 Å². The van der Waals surface area contributed by atoms with Crippen molar-refractivity contribution in [1.29, 1.82) is 0 Å². The highest BCUT2D eigenvalue weighted by Crippen LogP contribution is 2.24. The van der Waals surface area contributed by atoms with Crippen molar-refractivity contribution in [3.8, 4) is 0 Å². The van der Waals surface area contributed by atoms with Crippen molar-refractivity contribution in [3.05, 3.63) is 40.5 Å². The molecular weight excluding hydrogens is 350 g/mol. The van der Waals surface area contributed by atoms with Gasteiger partial charge in [0.15, 0.2) is 0 Å². The molecule has 1 aliphatic rings. The van der Waals surface area contributed by atoms with Gasteiger partial charge in [-0.15, -0.1) is 0 Å². The standard InChI is InChI=1S/C15H14BrN3O3/c16-9-1-2-13-12(7-9)11(3-5-18-13)14(20)19-6-4-10(8-19)22-15(17)21/h1-3,5,7,10H,4,6,8H2,(H2,17,21). The average Bonchev–Trinajstić information content (AvgIpc) is 2.93. The van der Waals surface area contributed by atoms with Gasteiger partial charge in [0.1, 0.15) is 6.10 Å². The van der Waals surface area contributed by atoms with Crippen LogP contribution in [0.3, 0.4) is 0 Å². The van der Waals surface area contributed by atoms with E-state index in [1.165, 1.54) is 0 Å². The smallest absolute Gasteiger partial charge is 0.404 e. The summed E-state index contributed by atoms with van der Waals surface area (Å²) in [7, 11) is 0. The summed E-state index contributed by atoms with van der Waals surface area (Å²) in [4.78, 5) is 29.5. The van der Waals surface area contributed by atoms with Crippen molar-refractivity contribution in [1.82, 2.24) is 9.88 Å². The maximum absolute atomic E-state index is 12.7. The molecule has 1 atom stereocenters. The lowest BCUT2D eigenvalue weighted by molar-refractivity contribution is 0.0741. The Hall–Kier alpha value is -2.15. The number of ether oxygens (including phenoxy) is 1. The van der Waals surface area contributed by atoms with Crippen LogP contribution in [0.1, 0.15) is 16.8 Å². The van der Waals surface area contributed by atoms with Crippen LogP contribution >= 0.6 is 15.9 Å². The van der Waals surface area contributed by atoms with Crippen LogP contribution in [0.15, 0.2) is 34.9 Å². The van der Waals surface area contributed by atoms with Gasteiger partial charge >= 0.3 is 6.09 Å². The van der Waals surface area contributed by atoms with Gasteiger partial charge in [0.25, 0.3) is 5.91 Å². The minimum Gasteiger partial charge on any atom is -0.444 e. The number of nitrogens with zero attached hydrogens (tertiary/aromatic N) is 2. The zero-order chi connectivity index (χ0) is 15.7. The summed E-state index contributed by atoms with van der Waals surface area (Å²) < 4.78 is 5.85. The molecule has 1 unspecified atom stereocenters. The van der Waals surface area contributed by atoms with Gasteiger partial charge < -0.3 is 15.4 Å². The minimum absolute atomic E-state index is 0.0962. The molecule has 0 saturated carbocycles. The summed E-state index contributed by atoms with van der Waals surface area (Å²) in [6.07, 6.45) is 1.08. The predicted molar refractivity (Wildman–Crippen MR) is 84.4 cm³/mol. The largest absolute Gasteiger partial charge is 0.444 e. The monoisotopic (exact) mass is 363 g/mol. The number of fused-ring (bicyclic) bond motifs is 1. The second-order valence-electron chi connectivity index (χ2n) is 5.12. The van der Waals surface area contributed by atoms with E-state index in [2.05, 4.69) is 20.9 Å². The quantitative estimate of drug-likeness (QED) is 0.886. The molecule has 0 radical (unpaired) electrons. The summed E-state index contributed by atoms with van der Waals surface area (Å²) in [6, 6.07) is 7.33. The van der Waals surface area contributed by atoms with Crippen molar-refractivity contribution in [2.75, 3.05) is 13.1 Å². The van der Waals surface area contributed by atoms with Crippen LogP contribution in [0.5, 0.6) is 0 Å². The Balaban J connectivity index is 1.87. The summed E-state index contributed by atoms with van der Waals surface area (Å²) in [5.74, 6) is -0.0962.